The highest BCUT2D eigenvalue weighted by molar-refractivity contribution is 7.98. The second kappa shape index (κ2) is 9.23. The topological polar surface area (TPSA) is 66.4 Å². The first-order valence-corrected chi connectivity index (χ1v) is 8.14. The molecule has 1 atom stereocenters. The number of carbonyl (C=O) groups excluding carboxylic acids is 1. The minimum absolute atomic E-state index is 0.0689. The second-order valence-electron chi connectivity index (χ2n) is 5.88. The molecule has 19 heavy (non-hydrogen) atoms. The van der Waals surface area contributed by atoms with Crippen LogP contribution in [0.5, 0.6) is 0 Å². The zero-order valence-corrected chi connectivity index (χ0v) is 13.3. The fraction of sp³-hybridized carbons (Fsp3) is 0.857. The molecular weight excluding hydrogens is 262 g/mol. The Morgan fingerprint density at radius 1 is 1.21 bits per heavy atom. The third-order valence-corrected chi connectivity index (χ3v) is 3.89. The van der Waals surface area contributed by atoms with Gasteiger partial charge in [0, 0.05) is 25.1 Å². The Balaban J connectivity index is 4.06. The number of hydrogen-bond donors (Lipinski definition) is 2. The van der Waals surface area contributed by atoms with E-state index in [1.165, 1.54) is 0 Å². The first-order chi connectivity index (χ1) is 8.77. The lowest BCUT2D eigenvalue weighted by Crippen LogP contribution is -2.30. The lowest BCUT2D eigenvalue weighted by Gasteiger charge is -2.30. The van der Waals surface area contributed by atoms with Crippen LogP contribution in [-0.4, -0.2) is 35.5 Å². The number of aliphatic carboxylic acids is 1. The van der Waals surface area contributed by atoms with Gasteiger partial charge in [0.25, 0.3) is 0 Å². The predicted molar refractivity (Wildman–Crippen MR) is 80.4 cm³/mol. The maximum atomic E-state index is 11.5. The summed E-state index contributed by atoms with van der Waals surface area (Å²) in [6.07, 6.45) is 4.23. The molecule has 0 radical (unpaired) electrons. The van der Waals surface area contributed by atoms with Gasteiger partial charge in [0.2, 0.25) is 5.91 Å². The van der Waals surface area contributed by atoms with Crippen LogP contribution < -0.4 is 5.32 Å². The van der Waals surface area contributed by atoms with Gasteiger partial charge < -0.3 is 10.4 Å². The summed E-state index contributed by atoms with van der Waals surface area (Å²) in [5.41, 5.74) is 0.0689. The number of carbonyl (C=O) groups is 2. The average Bonchev–Trinajstić information content (AvgIpc) is 2.28. The van der Waals surface area contributed by atoms with E-state index in [1.807, 2.05) is 6.26 Å². The van der Waals surface area contributed by atoms with E-state index in [4.69, 9.17) is 5.11 Å². The first-order valence-electron chi connectivity index (χ1n) is 6.74. The van der Waals surface area contributed by atoms with Crippen LogP contribution in [0.25, 0.3) is 0 Å². The van der Waals surface area contributed by atoms with Crippen LogP contribution in [0, 0.1) is 11.3 Å². The van der Waals surface area contributed by atoms with E-state index in [9.17, 15) is 9.59 Å². The quantitative estimate of drug-likeness (QED) is 0.685. The molecule has 0 spiro atoms. The molecule has 0 fully saturated rings. The molecule has 1 amide bonds. The van der Waals surface area contributed by atoms with Gasteiger partial charge in [0.15, 0.2) is 0 Å². The molecule has 112 valence electrons. The second-order valence-corrected chi connectivity index (χ2v) is 6.86. The van der Waals surface area contributed by atoms with Gasteiger partial charge in [-0.2, -0.15) is 11.8 Å². The minimum Gasteiger partial charge on any atom is -0.481 e. The molecule has 0 bridgehead atoms. The van der Waals surface area contributed by atoms with Crippen LogP contribution in [0.3, 0.4) is 0 Å². The molecule has 0 aliphatic carbocycles. The zero-order valence-electron chi connectivity index (χ0n) is 12.5. The van der Waals surface area contributed by atoms with Crippen LogP contribution in [0.15, 0.2) is 0 Å². The van der Waals surface area contributed by atoms with Crippen molar-refractivity contribution in [3.8, 4) is 0 Å². The van der Waals surface area contributed by atoms with Crippen molar-refractivity contribution in [2.24, 2.45) is 11.3 Å². The van der Waals surface area contributed by atoms with E-state index in [0.29, 0.717) is 25.3 Å². The van der Waals surface area contributed by atoms with Gasteiger partial charge in [-0.1, -0.05) is 20.8 Å². The van der Waals surface area contributed by atoms with Crippen molar-refractivity contribution < 1.29 is 14.7 Å². The molecule has 0 aromatic rings. The Bertz CT molecular complexity index is 287. The Labute approximate surface area is 120 Å². The third-order valence-electron chi connectivity index (χ3n) is 3.28. The van der Waals surface area contributed by atoms with Gasteiger partial charge in [-0.15, -0.1) is 0 Å². The molecule has 0 aromatic heterocycles. The van der Waals surface area contributed by atoms with Crippen molar-refractivity contribution >= 4 is 23.6 Å². The summed E-state index contributed by atoms with van der Waals surface area (Å²) in [5, 5.41) is 11.7. The SMILES string of the molecule is CSCCC(=O)NCCC(CCC(=O)O)C(C)(C)C. The van der Waals surface area contributed by atoms with Crippen LogP contribution in [0.1, 0.15) is 46.5 Å². The largest absolute Gasteiger partial charge is 0.481 e. The van der Waals surface area contributed by atoms with Crippen molar-refractivity contribution in [3.05, 3.63) is 0 Å². The van der Waals surface area contributed by atoms with Gasteiger partial charge in [-0.25, -0.2) is 0 Å². The summed E-state index contributed by atoms with van der Waals surface area (Å²) in [6.45, 7) is 6.99. The maximum absolute atomic E-state index is 11.5. The molecule has 0 rings (SSSR count). The van der Waals surface area contributed by atoms with Gasteiger partial charge in [-0.3, -0.25) is 9.59 Å². The molecule has 1 unspecified atom stereocenters. The molecule has 0 aromatic carbocycles. The number of hydrogen-bond acceptors (Lipinski definition) is 3. The highest BCUT2D eigenvalue weighted by Gasteiger charge is 2.24. The Kier molecular flexibility index (Phi) is 8.89. The van der Waals surface area contributed by atoms with Crippen molar-refractivity contribution in [2.45, 2.75) is 46.5 Å². The van der Waals surface area contributed by atoms with Crippen LogP contribution in [0.4, 0.5) is 0 Å². The Morgan fingerprint density at radius 3 is 2.32 bits per heavy atom. The molecule has 0 aliphatic rings. The molecule has 4 nitrogen and oxygen atoms in total. The van der Waals surface area contributed by atoms with Crippen molar-refractivity contribution in [1.82, 2.24) is 5.32 Å². The molecular formula is C14H27NO3S. The lowest BCUT2D eigenvalue weighted by atomic mass is 9.76. The van der Waals surface area contributed by atoms with E-state index >= 15 is 0 Å². The summed E-state index contributed by atoms with van der Waals surface area (Å²) in [4.78, 5) is 22.1. The monoisotopic (exact) mass is 289 g/mol. The van der Waals surface area contributed by atoms with Gasteiger partial charge in [0.05, 0.1) is 0 Å². The summed E-state index contributed by atoms with van der Waals surface area (Å²) < 4.78 is 0. The zero-order chi connectivity index (χ0) is 14.9. The number of nitrogens with one attached hydrogen (secondary N) is 1. The normalized spacial score (nSPS) is 13.1. The standard InChI is InChI=1S/C14H27NO3S/c1-14(2,3)11(5-6-13(17)18)7-9-15-12(16)8-10-19-4/h11H,5-10H2,1-4H3,(H,15,16)(H,17,18). The summed E-state index contributed by atoms with van der Waals surface area (Å²) >= 11 is 1.66. The molecule has 2 N–H and O–H groups in total. The maximum Gasteiger partial charge on any atom is 0.303 e. The van der Waals surface area contributed by atoms with E-state index in [-0.39, 0.29) is 17.7 Å². The molecule has 0 saturated heterocycles. The summed E-state index contributed by atoms with van der Waals surface area (Å²) in [6, 6.07) is 0. The van der Waals surface area contributed by atoms with Gasteiger partial charge >= 0.3 is 5.97 Å². The summed E-state index contributed by atoms with van der Waals surface area (Å²) in [7, 11) is 0. The smallest absolute Gasteiger partial charge is 0.303 e. The number of carboxylic acids is 1. The fourth-order valence-corrected chi connectivity index (χ4v) is 2.37. The van der Waals surface area contributed by atoms with E-state index in [2.05, 4.69) is 26.1 Å². The minimum atomic E-state index is -0.752. The molecule has 5 heteroatoms. The van der Waals surface area contributed by atoms with Crippen molar-refractivity contribution in [1.29, 1.82) is 0 Å². The van der Waals surface area contributed by atoms with E-state index < -0.39 is 5.97 Å². The third kappa shape index (κ3) is 9.82. The molecule has 0 heterocycles. The first kappa shape index (κ1) is 18.3. The number of carboxylic acid groups (broad SMARTS) is 1. The highest BCUT2D eigenvalue weighted by Crippen LogP contribution is 2.32. The molecule has 0 saturated carbocycles. The van der Waals surface area contributed by atoms with Crippen LogP contribution in [0.2, 0.25) is 0 Å². The van der Waals surface area contributed by atoms with Gasteiger partial charge in [0.1, 0.15) is 0 Å². The van der Waals surface area contributed by atoms with Crippen molar-refractivity contribution in [2.75, 3.05) is 18.6 Å². The Hall–Kier alpha value is -0.710. The number of amides is 1. The summed E-state index contributed by atoms with van der Waals surface area (Å²) in [5.74, 6) is 0.482. The van der Waals surface area contributed by atoms with Crippen molar-refractivity contribution in [3.63, 3.8) is 0 Å². The fourth-order valence-electron chi connectivity index (χ4n) is 1.98. The highest BCUT2D eigenvalue weighted by atomic mass is 32.2. The number of thioether (sulfide) groups is 1. The lowest BCUT2D eigenvalue weighted by molar-refractivity contribution is -0.137. The predicted octanol–water partition coefficient (Wildman–Crippen LogP) is 2.77. The average molecular weight is 289 g/mol. The van der Waals surface area contributed by atoms with E-state index in [0.717, 1.165) is 12.2 Å². The molecule has 0 aliphatic heterocycles. The van der Waals surface area contributed by atoms with E-state index in [1.54, 1.807) is 11.8 Å². The van der Waals surface area contributed by atoms with Crippen LogP contribution in [-0.2, 0) is 9.59 Å². The Morgan fingerprint density at radius 2 is 1.84 bits per heavy atom. The number of rotatable bonds is 9. The van der Waals surface area contributed by atoms with Crippen LogP contribution >= 0.6 is 11.8 Å². The van der Waals surface area contributed by atoms with Gasteiger partial charge in [-0.05, 0) is 30.4 Å².